The zero-order valence-electron chi connectivity index (χ0n) is 20.5. The Labute approximate surface area is 206 Å². The lowest BCUT2D eigenvalue weighted by atomic mass is 9.68. The number of allylic oxidation sites excluding steroid dienone is 3. The standard InChI is InChI=1S/C31H31NO3/c1-19(2)18-35-31(34)28-20(3)32-26-16-23(21-10-5-4-6-11-21)17-27(33)30(26)29(28)25-15-9-13-22-12-7-8-14-24(22)25/h4-16,19,23,29-30,32H,17-18H2,1-3H3. The number of carbonyl (C=O) groups is 2. The molecule has 3 atom stereocenters. The summed E-state index contributed by atoms with van der Waals surface area (Å²) < 4.78 is 5.72. The quantitative estimate of drug-likeness (QED) is 0.452. The van der Waals surface area contributed by atoms with Gasteiger partial charge in [0.05, 0.1) is 18.1 Å². The van der Waals surface area contributed by atoms with E-state index in [1.807, 2.05) is 57.2 Å². The lowest BCUT2D eigenvalue weighted by molar-refractivity contribution is -0.140. The maximum atomic E-state index is 13.8. The summed E-state index contributed by atoms with van der Waals surface area (Å²) in [5.41, 5.74) is 4.30. The minimum atomic E-state index is -0.453. The van der Waals surface area contributed by atoms with E-state index in [1.165, 1.54) is 0 Å². The minimum absolute atomic E-state index is 0.0119. The number of hydrogen-bond acceptors (Lipinski definition) is 4. The highest BCUT2D eigenvalue weighted by molar-refractivity contribution is 5.98. The molecule has 0 saturated heterocycles. The van der Waals surface area contributed by atoms with E-state index in [-0.39, 0.29) is 23.6 Å². The van der Waals surface area contributed by atoms with Gasteiger partial charge in [0.15, 0.2) is 0 Å². The average Bonchev–Trinajstić information content (AvgIpc) is 2.86. The van der Waals surface area contributed by atoms with E-state index in [9.17, 15) is 9.59 Å². The van der Waals surface area contributed by atoms with Crippen LogP contribution in [0.1, 0.15) is 50.2 Å². The summed E-state index contributed by atoms with van der Waals surface area (Å²) in [6.07, 6.45) is 2.59. The predicted molar refractivity (Wildman–Crippen MR) is 139 cm³/mol. The maximum Gasteiger partial charge on any atom is 0.336 e. The fourth-order valence-corrected chi connectivity index (χ4v) is 5.44. The highest BCUT2D eigenvalue weighted by Gasteiger charge is 2.45. The van der Waals surface area contributed by atoms with Crippen molar-refractivity contribution in [1.82, 2.24) is 5.32 Å². The van der Waals surface area contributed by atoms with Crippen molar-refractivity contribution < 1.29 is 14.3 Å². The van der Waals surface area contributed by atoms with Gasteiger partial charge < -0.3 is 10.1 Å². The molecule has 1 N–H and O–H groups in total. The van der Waals surface area contributed by atoms with Gasteiger partial charge in [0.2, 0.25) is 0 Å². The summed E-state index contributed by atoms with van der Waals surface area (Å²) in [6, 6.07) is 24.4. The van der Waals surface area contributed by atoms with Crippen molar-refractivity contribution in [3.63, 3.8) is 0 Å². The van der Waals surface area contributed by atoms with Gasteiger partial charge >= 0.3 is 5.97 Å². The van der Waals surface area contributed by atoms with Gasteiger partial charge in [-0.25, -0.2) is 4.79 Å². The second-order valence-electron chi connectivity index (χ2n) is 9.99. The summed E-state index contributed by atoms with van der Waals surface area (Å²) in [6.45, 7) is 6.29. The number of esters is 1. The first-order valence-corrected chi connectivity index (χ1v) is 12.4. The van der Waals surface area contributed by atoms with E-state index in [2.05, 4.69) is 47.8 Å². The van der Waals surface area contributed by atoms with Gasteiger partial charge in [0, 0.05) is 29.7 Å². The number of rotatable bonds is 5. The van der Waals surface area contributed by atoms with Gasteiger partial charge in [-0.05, 0) is 34.7 Å². The molecule has 5 rings (SSSR count). The Morgan fingerprint density at radius 2 is 1.69 bits per heavy atom. The third-order valence-electron chi connectivity index (χ3n) is 7.02. The highest BCUT2D eigenvalue weighted by Crippen LogP contribution is 2.47. The highest BCUT2D eigenvalue weighted by atomic mass is 16.5. The van der Waals surface area contributed by atoms with Crippen LogP contribution in [0.4, 0.5) is 0 Å². The SMILES string of the molecule is CC1=C(C(=O)OCC(C)C)C(c2cccc3ccccc23)C2C(=O)CC(c3ccccc3)C=C2N1. The zero-order valence-corrected chi connectivity index (χ0v) is 20.5. The number of hydrogen-bond donors (Lipinski definition) is 1. The van der Waals surface area contributed by atoms with Crippen LogP contribution in [0.3, 0.4) is 0 Å². The van der Waals surface area contributed by atoms with Crippen LogP contribution in [-0.4, -0.2) is 18.4 Å². The molecule has 35 heavy (non-hydrogen) atoms. The van der Waals surface area contributed by atoms with Gasteiger partial charge in [0.25, 0.3) is 0 Å². The summed E-state index contributed by atoms with van der Waals surface area (Å²) in [4.78, 5) is 27.3. The molecule has 0 bridgehead atoms. The molecule has 3 unspecified atom stereocenters. The van der Waals surface area contributed by atoms with Crippen LogP contribution in [-0.2, 0) is 14.3 Å². The van der Waals surface area contributed by atoms with Crippen molar-refractivity contribution >= 4 is 22.5 Å². The fourth-order valence-electron chi connectivity index (χ4n) is 5.44. The molecule has 178 valence electrons. The Hall–Kier alpha value is -3.66. The molecule has 3 aromatic carbocycles. The van der Waals surface area contributed by atoms with Gasteiger partial charge in [0.1, 0.15) is 5.78 Å². The van der Waals surface area contributed by atoms with Crippen molar-refractivity contribution in [2.24, 2.45) is 11.8 Å². The fraction of sp³-hybridized carbons (Fsp3) is 0.290. The third kappa shape index (κ3) is 4.41. The van der Waals surface area contributed by atoms with Crippen LogP contribution in [0, 0.1) is 11.8 Å². The van der Waals surface area contributed by atoms with Crippen molar-refractivity contribution in [2.75, 3.05) is 6.61 Å². The van der Waals surface area contributed by atoms with Crippen LogP contribution in [0.25, 0.3) is 10.8 Å². The van der Waals surface area contributed by atoms with Crippen molar-refractivity contribution in [1.29, 1.82) is 0 Å². The molecule has 1 heterocycles. The van der Waals surface area contributed by atoms with Gasteiger partial charge in [-0.2, -0.15) is 0 Å². The predicted octanol–water partition coefficient (Wildman–Crippen LogP) is 6.26. The maximum absolute atomic E-state index is 13.8. The first kappa shape index (κ1) is 23.1. The molecule has 1 aliphatic carbocycles. The molecule has 4 nitrogen and oxygen atoms in total. The van der Waals surface area contributed by atoms with E-state index in [0.717, 1.165) is 33.3 Å². The summed E-state index contributed by atoms with van der Waals surface area (Å²) in [5, 5.41) is 5.58. The molecular formula is C31H31NO3. The zero-order chi connectivity index (χ0) is 24.5. The van der Waals surface area contributed by atoms with Crippen LogP contribution in [0.2, 0.25) is 0 Å². The minimum Gasteiger partial charge on any atom is -0.462 e. The molecule has 0 saturated carbocycles. The Kier molecular flexibility index (Phi) is 6.29. The van der Waals surface area contributed by atoms with Gasteiger partial charge in [-0.3, -0.25) is 4.79 Å². The largest absolute Gasteiger partial charge is 0.462 e. The van der Waals surface area contributed by atoms with E-state index in [1.54, 1.807) is 0 Å². The number of ether oxygens (including phenoxy) is 1. The topological polar surface area (TPSA) is 55.4 Å². The number of benzene rings is 3. The number of ketones is 1. The first-order valence-electron chi connectivity index (χ1n) is 12.4. The molecular weight excluding hydrogens is 434 g/mol. The second kappa shape index (κ2) is 9.53. The number of fused-ring (bicyclic) bond motifs is 2. The molecule has 3 aromatic rings. The molecule has 0 fully saturated rings. The lowest BCUT2D eigenvalue weighted by Crippen LogP contribution is -2.42. The van der Waals surface area contributed by atoms with Crippen molar-refractivity contribution in [3.8, 4) is 0 Å². The van der Waals surface area contributed by atoms with Crippen LogP contribution >= 0.6 is 0 Å². The Bertz CT molecular complexity index is 1330. The van der Waals surface area contributed by atoms with Gasteiger partial charge in [-0.1, -0.05) is 92.7 Å². The molecule has 2 aliphatic rings. The number of carbonyl (C=O) groups excluding carboxylic acids is 2. The van der Waals surface area contributed by atoms with E-state index < -0.39 is 11.8 Å². The first-order chi connectivity index (χ1) is 16.9. The van der Waals surface area contributed by atoms with Gasteiger partial charge in [-0.15, -0.1) is 0 Å². The normalized spacial score (nSPS) is 22.0. The van der Waals surface area contributed by atoms with E-state index in [4.69, 9.17) is 4.74 Å². The summed E-state index contributed by atoms with van der Waals surface area (Å²) in [7, 11) is 0. The lowest BCUT2D eigenvalue weighted by Gasteiger charge is -2.40. The monoisotopic (exact) mass is 465 g/mol. The Morgan fingerprint density at radius 1 is 0.971 bits per heavy atom. The molecule has 1 aliphatic heterocycles. The van der Waals surface area contributed by atoms with Crippen LogP contribution in [0.5, 0.6) is 0 Å². The molecule has 0 radical (unpaired) electrons. The number of nitrogens with one attached hydrogen (secondary N) is 1. The molecule has 0 aromatic heterocycles. The Morgan fingerprint density at radius 3 is 2.46 bits per heavy atom. The smallest absolute Gasteiger partial charge is 0.336 e. The van der Waals surface area contributed by atoms with E-state index >= 15 is 0 Å². The molecule has 0 amide bonds. The third-order valence-corrected chi connectivity index (χ3v) is 7.02. The molecule has 0 spiro atoms. The van der Waals surface area contributed by atoms with Crippen molar-refractivity contribution in [2.45, 2.75) is 39.0 Å². The van der Waals surface area contributed by atoms with Crippen LogP contribution < -0.4 is 5.32 Å². The Balaban J connectivity index is 1.66. The summed E-state index contributed by atoms with van der Waals surface area (Å²) in [5.74, 6) is -0.825. The average molecular weight is 466 g/mol. The summed E-state index contributed by atoms with van der Waals surface area (Å²) >= 11 is 0. The number of Topliss-reactive ketones (excluding diaryl/α,β-unsaturated/α-hetero) is 1. The van der Waals surface area contributed by atoms with E-state index in [0.29, 0.717) is 18.6 Å². The van der Waals surface area contributed by atoms with Crippen LogP contribution in [0.15, 0.2) is 95.8 Å². The van der Waals surface area contributed by atoms with Crippen molar-refractivity contribution in [3.05, 3.63) is 107 Å². The second-order valence-corrected chi connectivity index (χ2v) is 9.99. The molecule has 4 heteroatoms.